The van der Waals surface area contributed by atoms with E-state index in [0.717, 1.165) is 25.2 Å². The summed E-state index contributed by atoms with van der Waals surface area (Å²) in [4.78, 5) is 6.91. The summed E-state index contributed by atoms with van der Waals surface area (Å²) in [5.41, 5.74) is 12.3. The molecule has 0 saturated carbocycles. The molecule has 3 nitrogen and oxygen atoms in total. The van der Waals surface area contributed by atoms with E-state index in [1.54, 1.807) is 0 Å². The number of nitrogens with two attached hydrogens (primary N) is 1. The van der Waals surface area contributed by atoms with E-state index in [4.69, 9.17) is 5.73 Å². The second-order valence-corrected chi connectivity index (χ2v) is 5.62. The molecule has 104 valence electrons. The van der Waals surface area contributed by atoms with Crippen LogP contribution in [0.1, 0.15) is 35.3 Å². The molecule has 0 spiro atoms. The normalized spacial score (nSPS) is 15.2. The van der Waals surface area contributed by atoms with E-state index in [0.29, 0.717) is 0 Å². The Bertz CT molecular complexity index is 619. The van der Waals surface area contributed by atoms with Crippen LogP contribution in [0.25, 0.3) is 0 Å². The highest BCUT2D eigenvalue weighted by atomic mass is 15.2. The van der Waals surface area contributed by atoms with Crippen LogP contribution in [0.3, 0.4) is 0 Å². The van der Waals surface area contributed by atoms with Crippen LogP contribution in [-0.4, -0.2) is 11.5 Å². The molecule has 2 aromatic rings. The molecule has 3 heteroatoms. The molecule has 1 aromatic carbocycles. The topological polar surface area (TPSA) is 42.2 Å². The van der Waals surface area contributed by atoms with E-state index in [9.17, 15) is 0 Å². The molecule has 20 heavy (non-hydrogen) atoms. The number of hydrogen-bond donors (Lipinski definition) is 1. The number of pyridine rings is 1. The molecule has 2 heterocycles. The second kappa shape index (κ2) is 5.25. The largest absolute Gasteiger partial charge is 0.365 e. The van der Waals surface area contributed by atoms with Crippen molar-refractivity contribution in [2.45, 2.75) is 32.9 Å². The van der Waals surface area contributed by atoms with Crippen molar-refractivity contribution >= 4 is 5.69 Å². The molecule has 0 aliphatic carbocycles. The van der Waals surface area contributed by atoms with Crippen molar-refractivity contribution in [1.82, 2.24) is 4.98 Å². The minimum absolute atomic E-state index is 0.104. The Morgan fingerprint density at radius 3 is 2.95 bits per heavy atom. The first-order valence-corrected chi connectivity index (χ1v) is 7.19. The minimum atomic E-state index is 0.104. The Morgan fingerprint density at radius 2 is 2.20 bits per heavy atom. The van der Waals surface area contributed by atoms with Crippen LogP contribution in [0, 0.1) is 6.92 Å². The Labute approximate surface area is 120 Å². The highest BCUT2D eigenvalue weighted by Crippen LogP contribution is 2.31. The van der Waals surface area contributed by atoms with Gasteiger partial charge >= 0.3 is 0 Å². The van der Waals surface area contributed by atoms with Gasteiger partial charge in [-0.1, -0.05) is 18.2 Å². The van der Waals surface area contributed by atoms with Gasteiger partial charge in [0.2, 0.25) is 0 Å². The quantitative estimate of drug-likeness (QED) is 0.929. The Hall–Kier alpha value is -1.87. The number of fused-ring (bicyclic) bond motifs is 1. The van der Waals surface area contributed by atoms with Gasteiger partial charge < -0.3 is 10.6 Å². The minimum Gasteiger partial charge on any atom is -0.365 e. The highest BCUT2D eigenvalue weighted by molar-refractivity contribution is 5.59. The van der Waals surface area contributed by atoms with Crippen LogP contribution >= 0.6 is 0 Å². The maximum Gasteiger partial charge on any atom is 0.0626 e. The summed E-state index contributed by atoms with van der Waals surface area (Å²) in [6, 6.07) is 10.8. The monoisotopic (exact) mass is 267 g/mol. The second-order valence-electron chi connectivity index (χ2n) is 5.62. The average molecular weight is 267 g/mol. The van der Waals surface area contributed by atoms with Gasteiger partial charge in [0.15, 0.2) is 0 Å². The van der Waals surface area contributed by atoms with Crippen molar-refractivity contribution in [1.29, 1.82) is 0 Å². The standard InChI is InChI=1S/C17H21N3/c1-12-4-3-8-19-16(12)11-20-9-7-15-10-14(13(2)18)5-6-17(15)20/h3-6,8,10,13H,7,9,11,18H2,1-2H3. The number of aromatic nitrogens is 1. The third-order valence-corrected chi connectivity index (χ3v) is 4.08. The maximum atomic E-state index is 5.96. The molecule has 1 atom stereocenters. The lowest BCUT2D eigenvalue weighted by Gasteiger charge is -2.20. The van der Waals surface area contributed by atoms with Crippen molar-refractivity contribution in [2.75, 3.05) is 11.4 Å². The first-order valence-electron chi connectivity index (χ1n) is 7.19. The Kier molecular flexibility index (Phi) is 3.45. The lowest BCUT2D eigenvalue weighted by Crippen LogP contribution is -2.21. The molecule has 3 rings (SSSR count). The molecular weight excluding hydrogens is 246 g/mol. The predicted octanol–water partition coefficient (Wildman–Crippen LogP) is 2.97. The summed E-state index contributed by atoms with van der Waals surface area (Å²) in [7, 11) is 0. The van der Waals surface area contributed by atoms with E-state index in [2.05, 4.69) is 41.1 Å². The number of nitrogens with zero attached hydrogens (tertiary/aromatic N) is 2. The van der Waals surface area contributed by atoms with E-state index >= 15 is 0 Å². The summed E-state index contributed by atoms with van der Waals surface area (Å²) in [5.74, 6) is 0. The molecule has 0 fully saturated rings. The van der Waals surface area contributed by atoms with Gasteiger partial charge in [0.05, 0.1) is 12.2 Å². The average Bonchev–Trinajstić information content (AvgIpc) is 2.84. The number of aryl methyl sites for hydroxylation is 1. The van der Waals surface area contributed by atoms with Crippen LogP contribution < -0.4 is 10.6 Å². The van der Waals surface area contributed by atoms with Gasteiger partial charge in [-0.2, -0.15) is 0 Å². The molecular formula is C17H21N3. The predicted molar refractivity (Wildman–Crippen MR) is 82.8 cm³/mol. The zero-order chi connectivity index (χ0) is 14.1. The zero-order valence-corrected chi connectivity index (χ0v) is 12.1. The van der Waals surface area contributed by atoms with E-state index in [1.165, 1.54) is 22.4 Å². The number of rotatable bonds is 3. The molecule has 0 saturated heterocycles. The molecule has 0 amide bonds. The first kappa shape index (κ1) is 13.1. The zero-order valence-electron chi connectivity index (χ0n) is 12.1. The maximum absolute atomic E-state index is 5.96. The summed E-state index contributed by atoms with van der Waals surface area (Å²) >= 11 is 0. The van der Waals surface area contributed by atoms with E-state index in [1.807, 2.05) is 19.2 Å². The smallest absolute Gasteiger partial charge is 0.0626 e. The van der Waals surface area contributed by atoms with Gasteiger partial charge in [-0.15, -0.1) is 0 Å². The Balaban J connectivity index is 1.85. The molecule has 2 N–H and O–H groups in total. The van der Waals surface area contributed by atoms with E-state index in [-0.39, 0.29) is 6.04 Å². The van der Waals surface area contributed by atoms with Crippen LogP contribution in [0.15, 0.2) is 36.5 Å². The van der Waals surface area contributed by atoms with Gasteiger partial charge in [-0.25, -0.2) is 0 Å². The van der Waals surface area contributed by atoms with Gasteiger partial charge in [0.25, 0.3) is 0 Å². The summed E-state index contributed by atoms with van der Waals surface area (Å²) in [6.07, 6.45) is 2.97. The number of hydrogen-bond acceptors (Lipinski definition) is 3. The summed E-state index contributed by atoms with van der Waals surface area (Å²) in [6.45, 7) is 6.11. The van der Waals surface area contributed by atoms with Gasteiger partial charge in [-0.3, -0.25) is 4.98 Å². The summed E-state index contributed by atoms with van der Waals surface area (Å²) < 4.78 is 0. The van der Waals surface area contributed by atoms with Crippen LogP contribution in [-0.2, 0) is 13.0 Å². The van der Waals surface area contributed by atoms with Crippen molar-refractivity contribution in [2.24, 2.45) is 5.73 Å². The highest BCUT2D eigenvalue weighted by Gasteiger charge is 2.20. The van der Waals surface area contributed by atoms with Gasteiger partial charge in [0, 0.05) is 24.5 Å². The van der Waals surface area contributed by atoms with Crippen molar-refractivity contribution in [3.8, 4) is 0 Å². The lowest BCUT2D eigenvalue weighted by atomic mass is 10.0. The lowest BCUT2D eigenvalue weighted by molar-refractivity contribution is 0.808. The van der Waals surface area contributed by atoms with Crippen LogP contribution in [0.4, 0.5) is 5.69 Å². The first-order chi connectivity index (χ1) is 9.65. The van der Waals surface area contributed by atoms with Gasteiger partial charge in [0.1, 0.15) is 0 Å². The SMILES string of the molecule is Cc1cccnc1CN1CCc2cc(C(C)N)ccc21. The van der Waals surface area contributed by atoms with Gasteiger partial charge in [-0.05, 0) is 49.1 Å². The number of benzene rings is 1. The molecule has 1 aliphatic rings. The molecule has 1 aliphatic heterocycles. The fraction of sp³-hybridized carbons (Fsp3) is 0.353. The molecule has 0 bridgehead atoms. The van der Waals surface area contributed by atoms with Crippen molar-refractivity contribution < 1.29 is 0 Å². The van der Waals surface area contributed by atoms with Crippen molar-refractivity contribution in [3.63, 3.8) is 0 Å². The molecule has 1 unspecified atom stereocenters. The molecule has 1 aromatic heterocycles. The van der Waals surface area contributed by atoms with Crippen LogP contribution in [0.2, 0.25) is 0 Å². The number of anilines is 1. The third kappa shape index (κ3) is 2.41. The fourth-order valence-corrected chi connectivity index (χ4v) is 2.80. The fourth-order valence-electron chi connectivity index (χ4n) is 2.80. The van der Waals surface area contributed by atoms with E-state index < -0.39 is 0 Å². The summed E-state index contributed by atoms with van der Waals surface area (Å²) in [5, 5.41) is 0. The Morgan fingerprint density at radius 1 is 1.35 bits per heavy atom. The van der Waals surface area contributed by atoms with Crippen molar-refractivity contribution in [3.05, 3.63) is 58.9 Å². The molecule has 0 radical (unpaired) electrons. The van der Waals surface area contributed by atoms with Crippen LogP contribution in [0.5, 0.6) is 0 Å². The third-order valence-electron chi connectivity index (χ3n) is 4.08.